The molecule has 0 spiro atoms. The van der Waals surface area contributed by atoms with Gasteiger partial charge in [-0.25, -0.2) is 9.97 Å². The third-order valence-electron chi connectivity index (χ3n) is 10.1. The number of para-hydroxylation sites is 4. The maximum absolute atomic E-state index is 5.16. The van der Waals surface area contributed by atoms with Gasteiger partial charge in [0.15, 0.2) is 5.82 Å². The van der Waals surface area contributed by atoms with Gasteiger partial charge >= 0.3 is 0 Å². The van der Waals surface area contributed by atoms with Crippen molar-refractivity contribution in [1.29, 1.82) is 0 Å². The monoisotopic (exact) mass is 668 g/mol. The van der Waals surface area contributed by atoms with Crippen molar-refractivity contribution in [3.05, 3.63) is 170 Å². The second-order valence-electron chi connectivity index (χ2n) is 13.0. The summed E-state index contributed by atoms with van der Waals surface area (Å²) in [6, 6.07) is 60.5. The summed E-state index contributed by atoms with van der Waals surface area (Å²) in [5.74, 6) is 0.720. The molecule has 0 radical (unpaired) electrons. The minimum absolute atomic E-state index is 0.720. The van der Waals surface area contributed by atoms with E-state index >= 15 is 0 Å². The highest BCUT2D eigenvalue weighted by atomic mass is 32.2. The van der Waals surface area contributed by atoms with Gasteiger partial charge in [-0.3, -0.25) is 9.13 Å². The summed E-state index contributed by atoms with van der Waals surface area (Å²) >= 11 is 1.86. The third kappa shape index (κ3) is 4.28. The minimum Gasteiger partial charge on any atom is -0.295 e. The van der Waals surface area contributed by atoms with Crippen LogP contribution in [0.4, 0.5) is 0 Å². The van der Waals surface area contributed by atoms with Crippen LogP contribution in [0.1, 0.15) is 0 Å². The molecule has 0 amide bonds. The van der Waals surface area contributed by atoms with Crippen molar-refractivity contribution in [2.75, 3.05) is 0 Å². The summed E-state index contributed by atoms with van der Waals surface area (Å²) in [5.41, 5.74) is 12.2. The van der Waals surface area contributed by atoms with Gasteiger partial charge in [-0.05, 0) is 59.7 Å². The van der Waals surface area contributed by atoms with Crippen molar-refractivity contribution < 1.29 is 0 Å². The van der Waals surface area contributed by atoms with E-state index in [1.165, 1.54) is 48.3 Å². The topological polar surface area (TPSA) is 35.6 Å². The highest BCUT2D eigenvalue weighted by molar-refractivity contribution is 7.99. The van der Waals surface area contributed by atoms with Gasteiger partial charge in [0.25, 0.3) is 0 Å². The number of hydrogen-bond acceptors (Lipinski definition) is 3. The number of hydrogen-bond donors (Lipinski definition) is 0. The molecule has 7 aromatic carbocycles. The summed E-state index contributed by atoms with van der Waals surface area (Å²) in [6.07, 6.45) is 0. The molecule has 238 valence electrons. The smallest absolute Gasteiger partial charge is 0.160 e. The highest BCUT2D eigenvalue weighted by Crippen LogP contribution is 2.50. The van der Waals surface area contributed by atoms with Crippen molar-refractivity contribution in [3.63, 3.8) is 0 Å². The van der Waals surface area contributed by atoms with Crippen molar-refractivity contribution >= 4 is 55.5 Å². The average molecular weight is 669 g/mol. The van der Waals surface area contributed by atoms with Crippen LogP contribution in [-0.4, -0.2) is 19.1 Å². The van der Waals surface area contributed by atoms with Crippen molar-refractivity contribution in [2.45, 2.75) is 9.79 Å². The van der Waals surface area contributed by atoms with Crippen LogP contribution in [0, 0.1) is 0 Å². The molecule has 1 aliphatic heterocycles. The molecule has 11 rings (SSSR count). The number of fused-ring (bicyclic) bond motifs is 8. The number of aromatic nitrogens is 4. The largest absolute Gasteiger partial charge is 0.295 e. The fraction of sp³-hybridized carbons (Fsp3) is 0. The van der Waals surface area contributed by atoms with Crippen LogP contribution in [0.2, 0.25) is 0 Å². The summed E-state index contributed by atoms with van der Waals surface area (Å²) < 4.78 is 4.94. The Bertz CT molecular complexity index is 2990. The van der Waals surface area contributed by atoms with E-state index in [9.17, 15) is 0 Å². The summed E-state index contributed by atoms with van der Waals surface area (Å²) in [5, 5.41) is 4.88. The lowest BCUT2D eigenvalue weighted by atomic mass is 10.0. The predicted octanol–water partition coefficient (Wildman–Crippen LogP) is 12.1. The van der Waals surface area contributed by atoms with Crippen LogP contribution < -0.4 is 0 Å². The Morgan fingerprint density at radius 3 is 2.02 bits per heavy atom. The summed E-state index contributed by atoms with van der Waals surface area (Å²) in [6.45, 7) is 0. The lowest BCUT2D eigenvalue weighted by molar-refractivity contribution is 1.03. The molecule has 10 aromatic rings. The summed E-state index contributed by atoms with van der Waals surface area (Å²) in [4.78, 5) is 12.7. The molecular weight excluding hydrogens is 641 g/mol. The molecule has 5 heteroatoms. The molecule has 0 N–H and O–H groups in total. The summed E-state index contributed by atoms with van der Waals surface area (Å²) in [7, 11) is 0. The SMILES string of the molecule is c1ccc(-c2nc(-c3cccc(-c4ccc5c(c4)-n4c6c(cccc6c6c7ccccc7n(-c7ccccc7)c64)S5)c3)nc3ccccc23)cc1. The van der Waals surface area contributed by atoms with E-state index in [1.54, 1.807) is 0 Å². The van der Waals surface area contributed by atoms with Crippen LogP contribution in [0.25, 0.3) is 88.9 Å². The first-order valence-corrected chi connectivity index (χ1v) is 18.0. The fourth-order valence-corrected chi connectivity index (χ4v) is 8.93. The molecule has 1 aliphatic rings. The number of nitrogens with zero attached hydrogens (tertiary/aromatic N) is 4. The Balaban J connectivity index is 1.12. The van der Waals surface area contributed by atoms with Crippen molar-refractivity contribution in [3.8, 4) is 45.1 Å². The van der Waals surface area contributed by atoms with Gasteiger partial charge < -0.3 is 0 Å². The Morgan fingerprint density at radius 2 is 1.14 bits per heavy atom. The zero-order valence-corrected chi connectivity index (χ0v) is 28.2. The Labute approximate surface area is 298 Å². The van der Waals surface area contributed by atoms with Gasteiger partial charge in [0, 0.05) is 48.2 Å². The zero-order valence-electron chi connectivity index (χ0n) is 27.4. The van der Waals surface area contributed by atoms with Gasteiger partial charge in [-0.15, -0.1) is 0 Å². The standard InChI is InChI=1S/C46H28N4S/c1-3-13-29(14-4-1)43-34-19-7-9-22-37(34)47-45(48-43)32-16-11-15-30(27-32)31-25-26-40-39(28-31)50-44-36(21-12-24-41(44)51-40)42-35-20-8-10-23-38(35)49(46(42)50)33-17-5-2-6-18-33/h1-28H. The predicted molar refractivity (Wildman–Crippen MR) is 211 cm³/mol. The van der Waals surface area contributed by atoms with Crippen LogP contribution in [0.5, 0.6) is 0 Å². The van der Waals surface area contributed by atoms with Gasteiger partial charge in [0.2, 0.25) is 0 Å². The first-order chi connectivity index (χ1) is 25.3. The van der Waals surface area contributed by atoms with Gasteiger partial charge in [-0.2, -0.15) is 0 Å². The lowest BCUT2D eigenvalue weighted by Gasteiger charge is -2.22. The molecule has 4 heterocycles. The third-order valence-corrected chi connectivity index (χ3v) is 11.2. The maximum atomic E-state index is 5.16. The van der Waals surface area contributed by atoms with E-state index in [2.05, 4.69) is 167 Å². The molecule has 0 unspecified atom stereocenters. The van der Waals surface area contributed by atoms with Gasteiger partial charge in [-0.1, -0.05) is 133 Å². The Hall–Kier alpha value is -6.43. The Morgan fingerprint density at radius 1 is 0.451 bits per heavy atom. The second kappa shape index (κ2) is 11.0. The molecule has 0 aliphatic carbocycles. The van der Waals surface area contributed by atoms with E-state index in [0.29, 0.717) is 0 Å². The molecule has 51 heavy (non-hydrogen) atoms. The van der Waals surface area contributed by atoms with Crippen molar-refractivity contribution in [2.24, 2.45) is 0 Å². The van der Waals surface area contributed by atoms with Crippen LogP contribution in [0.15, 0.2) is 180 Å². The zero-order chi connectivity index (χ0) is 33.5. The molecule has 0 atom stereocenters. The molecule has 4 nitrogen and oxygen atoms in total. The highest BCUT2D eigenvalue weighted by Gasteiger charge is 2.28. The number of rotatable bonds is 4. The fourth-order valence-electron chi connectivity index (χ4n) is 7.86. The van der Waals surface area contributed by atoms with Crippen LogP contribution in [-0.2, 0) is 0 Å². The molecule has 0 saturated carbocycles. The van der Waals surface area contributed by atoms with Gasteiger partial charge in [0.05, 0.1) is 27.9 Å². The lowest BCUT2D eigenvalue weighted by Crippen LogP contribution is -2.06. The molecule has 3 aromatic heterocycles. The van der Waals surface area contributed by atoms with E-state index in [4.69, 9.17) is 9.97 Å². The molecule has 0 saturated heterocycles. The van der Waals surface area contributed by atoms with Crippen LogP contribution >= 0.6 is 11.8 Å². The quantitative estimate of drug-likeness (QED) is 0.187. The van der Waals surface area contributed by atoms with E-state index < -0.39 is 0 Å². The molecule has 0 fully saturated rings. The maximum Gasteiger partial charge on any atom is 0.160 e. The molecular formula is C46H28N4S. The van der Waals surface area contributed by atoms with Crippen LogP contribution in [0.3, 0.4) is 0 Å². The normalized spacial score (nSPS) is 12.2. The van der Waals surface area contributed by atoms with E-state index in [1.807, 2.05) is 23.9 Å². The number of benzene rings is 7. The van der Waals surface area contributed by atoms with E-state index in [-0.39, 0.29) is 0 Å². The second-order valence-corrected chi connectivity index (χ2v) is 14.1. The van der Waals surface area contributed by atoms with Gasteiger partial charge in [0.1, 0.15) is 5.65 Å². The Kier molecular flexibility index (Phi) is 6.15. The van der Waals surface area contributed by atoms with E-state index in [0.717, 1.165) is 50.4 Å². The first kappa shape index (κ1) is 28.4. The molecule has 0 bridgehead atoms. The first-order valence-electron chi connectivity index (χ1n) is 17.2. The van der Waals surface area contributed by atoms with Crippen molar-refractivity contribution in [1.82, 2.24) is 19.1 Å². The average Bonchev–Trinajstić information content (AvgIpc) is 3.72. The minimum atomic E-state index is 0.720.